The van der Waals surface area contributed by atoms with E-state index >= 15 is 0 Å². The zero-order valence-corrected chi connectivity index (χ0v) is 13.3. The van der Waals surface area contributed by atoms with Crippen LogP contribution in [-0.2, 0) is 0 Å². The third-order valence-electron chi connectivity index (χ3n) is 3.30. The smallest absolute Gasteiger partial charge is 0.271 e. The van der Waals surface area contributed by atoms with E-state index in [-0.39, 0.29) is 11.3 Å². The summed E-state index contributed by atoms with van der Waals surface area (Å²) in [6, 6.07) is 13.6. The first-order valence-corrected chi connectivity index (χ1v) is 7.33. The number of aromatic nitrogens is 2. The van der Waals surface area contributed by atoms with Crippen LogP contribution in [0, 0.1) is 0 Å². The summed E-state index contributed by atoms with van der Waals surface area (Å²) in [5, 5.41) is 13.0. The van der Waals surface area contributed by atoms with Gasteiger partial charge in [-0.15, -0.1) is 0 Å². The maximum absolute atomic E-state index is 12.2. The van der Waals surface area contributed by atoms with Crippen molar-refractivity contribution in [2.45, 2.75) is 0 Å². The van der Waals surface area contributed by atoms with Crippen LogP contribution in [0.5, 0.6) is 11.5 Å². The highest BCUT2D eigenvalue weighted by atomic mass is 79.9. The third kappa shape index (κ3) is 2.65. The minimum atomic E-state index is -0.209. The maximum Gasteiger partial charge on any atom is 0.271 e. The molecule has 0 atom stereocenters. The fourth-order valence-corrected chi connectivity index (χ4v) is 2.44. The van der Waals surface area contributed by atoms with E-state index in [9.17, 15) is 9.90 Å². The molecule has 0 saturated carbocycles. The van der Waals surface area contributed by atoms with Crippen LogP contribution < -0.4 is 10.3 Å². The summed E-state index contributed by atoms with van der Waals surface area (Å²) in [4.78, 5) is 12.2. The molecule has 0 unspecified atom stereocenters. The summed E-state index contributed by atoms with van der Waals surface area (Å²) < 4.78 is 7.50. The summed E-state index contributed by atoms with van der Waals surface area (Å²) in [6.45, 7) is 0. The highest BCUT2D eigenvalue weighted by Gasteiger charge is 2.11. The van der Waals surface area contributed by atoms with E-state index in [1.807, 2.05) is 24.3 Å². The van der Waals surface area contributed by atoms with Gasteiger partial charge in [0.05, 0.1) is 18.5 Å². The van der Waals surface area contributed by atoms with Crippen LogP contribution in [0.1, 0.15) is 0 Å². The first-order valence-electron chi connectivity index (χ1n) is 6.54. The molecule has 1 aromatic heterocycles. The summed E-state index contributed by atoms with van der Waals surface area (Å²) in [5.74, 6) is 0.676. The van der Waals surface area contributed by atoms with Crippen molar-refractivity contribution in [3.63, 3.8) is 0 Å². The number of hydrogen-bond acceptors (Lipinski definition) is 3. The Morgan fingerprint density at radius 3 is 2.55 bits per heavy atom. The largest absolute Gasteiger partial charge is 0.507 e. The summed E-state index contributed by atoms with van der Waals surface area (Å²) >= 11 is 3.36. The number of phenols is 1. The Kier molecular flexibility index (Phi) is 3.77. The molecule has 22 heavy (non-hydrogen) atoms. The van der Waals surface area contributed by atoms with Crippen molar-refractivity contribution in [3.05, 3.63) is 63.4 Å². The molecular formula is C16H13BrN2O3. The van der Waals surface area contributed by atoms with E-state index in [0.717, 1.165) is 4.47 Å². The second kappa shape index (κ2) is 5.73. The molecule has 0 amide bonds. The fourth-order valence-electron chi connectivity index (χ4n) is 2.17. The topological polar surface area (TPSA) is 67.2 Å². The molecule has 3 aromatic rings. The Morgan fingerprint density at radius 2 is 1.86 bits per heavy atom. The van der Waals surface area contributed by atoms with Gasteiger partial charge in [0.1, 0.15) is 11.5 Å². The first-order chi connectivity index (χ1) is 10.6. The van der Waals surface area contributed by atoms with E-state index in [1.54, 1.807) is 19.2 Å². The predicted octanol–water partition coefficient (Wildman–Crippen LogP) is 3.31. The van der Waals surface area contributed by atoms with Gasteiger partial charge in [-0.05, 0) is 42.5 Å². The minimum Gasteiger partial charge on any atom is -0.507 e. The van der Waals surface area contributed by atoms with E-state index < -0.39 is 0 Å². The molecule has 0 aliphatic carbocycles. The lowest BCUT2D eigenvalue weighted by atomic mass is 10.1. The predicted molar refractivity (Wildman–Crippen MR) is 87.7 cm³/mol. The fraction of sp³-hybridized carbons (Fsp3) is 0.0625. The lowest BCUT2D eigenvalue weighted by Gasteiger charge is -2.06. The van der Waals surface area contributed by atoms with Crippen LogP contribution in [-0.4, -0.2) is 22.0 Å². The van der Waals surface area contributed by atoms with Crippen LogP contribution in [0.25, 0.3) is 16.9 Å². The molecular weight excluding hydrogens is 348 g/mol. The number of phenolic OH excluding ortho intramolecular Hbond substituents is 1. The number of aromatic amines is 1. The van der Waals surface area contributed by atoms with Gasteiger partial charge in [-0.1, -0.05) is 15.9 Å². The van der Waals surface area contributed by atoms with Crippen LogP contribution in [0.15, 0.2) is 57.8 Å². The number of H-pyrrole nitrogens is 1. The second-order valence-electron chi connectivity index (χ2n) is 4.70. The molecule has 0 aliphatic heterocycles. The molecule has 112 valence electrons. The van der Waals surface area contributed by atoms with Crippen LogP contribution in [0.2, 0.25) is 0 Å². The number of methoxy groups -OCH3 is 1. The molecule has 2 aromatic carbocycles. The van der Waals surface area contributed by atoms with Crippen molar-refractivity contribution in [2.24, 2.45) is 0 Å². The van der Waals surface area contributed by atoms with Gasteiger partial charge in [0, 0.05) is 16.1 Å². The summed E-state index contributed by atoms with van der Waals surface area (Å²) in [7, 11) is 1.55. The molecule has 0 radical (unpaired) electrons. The Labute approximate surface area is 134 Å². The van der Waals surface area contributed by atoms with E-state index in [4.69, 9.17) is 4.74 Å². The van der Waals surface area contributed by atoms with Gasteiger partial charge in [0.15, 0.2) is 0 Å². The number of ether oxygens (including phenoxy) is 1. The van der Waals surface area contributed by atoms with Gasteiger partial charge >= 0.3 is 0 Å². The van der Waals surface area contributed by atoms with Crippen molar-refractivity contribution in [1.82, 2.24) is 9.78 Å². The van der Waals surface area contributed by atoms with Gasteiger partial charge in [-0.2, -0.15) is 0 Å². The van der Waals surface area contributed by atoms with Crippen molar-refractivity contribution in [1.29, 1.82) is 0 Å². The molecule has 0 spiro atoms. The van der Waals surface area contributed by atoms with E-state index in [1.165, 1.54) is 16.8 Å². The maximum atomic E-state index is 12.2. The van der Waals surface area contributed by atoms with E-state index in [2.05, 4.69) is 21.0 Å². The monoisotopic (exact) mass is 360 g/mol. The zero-order valence-electron chi connectivity index (χ0n) is 11.7. The van der Waals surface area contributed by atoms with Crippen LogP contribution in [0.4, 0.5) is 0 Å². The molecule has 0 fully saturated rings. The SMILES string of the molecule is COc1ccc(O)c(-c2cc(=O)n(-c3ccc(Br)cc3)[nH]2)c1. The number of nitrogens with one attached hydrogen (secondary N) is 1. The van der Waals surface area contributed by atoms with Crippen molar-refractivity contribution >= 4 is 15.9 Å². The second-order valence-corrected chi connectivity index (χ2v) is 5.62. The number of aromatic hydroxyl groups is 1. The number of rotatable bonds is 3. The van der Waals surface area contributed by atoms with Crippen LogP contribution in [0.3, 0.4) is 0 Å². The lowest BCUT2D eigenvalue weighted by molar-refractivity contribution is 0.412. The Hall–Kier alpha value is -2.47. The molecule has 6 heteroatoms. The minimum absolute atomic E-state index is 0.0741. The molecule has 5 nitrogen and oxygen atoms in total. The summed E-state index contributed by atoms with van der Waals surface area (Å²) in [5.41, 5.74) is 1.53. The molecule has 1 heterocycles. The lowest BCUT2D eigenvalue weighted by Crippen LogP contribution is -2.13. The number of halogens is 1. The van der Waals surface area contributed by atoms with Gasteiger partial charge < -0.3 is 9.84 Å². The molecule has 0 bridgehead atoms. The summed E-state index contributed by atoms with van der Waals surface area (Å²) in [6.07, 6.45) is 0. The third-order valence-corrected chi connectivity index (χ3v) is 3.83. The normalized spacial score (nSPS) is 10.6. The standard InChI is InChI=1S/C16H13BrN2O3/c1-22-12-6-7-15(20)13(8-12)14-9-16(21)19(18-14)11-4-2-10(17)3-5-11/h2-9,18,20H,1H3. The highest BCUT2D eigenvalue weighted by molar-refractivity contribution is 9.10. The Balaban J connectivity index is 2.09. The average molecular weight is 361 g/mol. The zero-order chi connectivity index (χ0) is 15.7. The first kappa shape index (κ1) is 14.5. The number of nitrogens with zero attached hydrogens (tertiary/aromatic N) is 1. The van der Waals surface area contributed by atoms with Gasteiger partial charge in [0.2, 0.25) is 0 Å². The van der Waals surface area contributed by atoms with Gasteiger partial charge in [-0.25, -0.2) is 4.68 Å². The van der Waals surface area contributed by atoms with Crippen molar-refractivity contribution in [3.8, 4) is 28.4 Å². The Morgan fingerprint density at radius 1 is 1.14 bits per heavy atom. The van der Waals surface area contributed by atoms with Crippen molar-refractivity contribution < 1.29 is 9.84 Å². The molecule has 0 aliphatic rings. The molecule has 2 N–H and O–H groups in total. The van der Waals surface area contributed by atoms with Crippen LogP contribution >= 0.6 is 15.9 Å². The quantitative estimate of drug-likeness (QED) is 0.752. The number of benzene rings is 2. The van der Waals surface area contributed by atoms with Gasteiger partial charge in [0.25, 0.3) is 5.56 Å². The molecule has 3 rings (SSSR count). The van der Waals surface area contributed by atoms with E-state index in [0.29, 0.717) is 22.7 Å². The van der Waals surface area contributed by atoms with Gasteiger partial charge in [-0.3, -0.25) is 9.89 Å². The molecule has 0 saturated heterocycles. The Bertz CT molecular complexity index is 866. The highest BCUT2D eigenvalue weighted by Crippen LogP contribution is 2.31. The average Bonchev–Trinajstić information content (AvgIpc) is 2.90. The van der Waals surface area contributed by atoms with Crippen molar-refractivity contribution in [2.75, 3.05) is 7.11 Å². The number of hydrogen-bond donors (Lipinski definition) is 2.